The Balaban J connectivity index is 2.23. The molecule has 1 aromatic rings. The summed E-state index contributed by atoms with van der Waals surface area (Å²) in [5, 5.41) is 9.55. The maximum Gasteiger partial charge on any atom is 0.161 e. The maximum absolute atomic E-state index is 9.55. The normalized spacial score (nSPS) is 17.3. The van der Waals surface area contributed by atoms with Crippen molar-refractivity contribution in [2.24, 2.45) is 0 Å². The van der Waals surface area contributed by atoms with E-state index in [1.165, 1.54) is 19.3 Å². The average molecular weight is 288 g/mol. The highest BCUT2D eigenvalue weighted by molar-refractivity contribution is 5.45. The summed E-state index contributed by atoms with van der Waals surface area (Å²) >= 11 is 0. The number of methoxy groups -OCH3 is 1. The molecule has 0 bridgehead atoms. The first-order chi connectivity index (χ1) is 10.2. The molecule has 1 fully saturated rings. The quantitative estimate of drug-likeness (QED) is 0.831. The number of benzene rings is 1. The van der Waals surface area contributed by atoms with Crippen LogP contribution in [0.3, 0.4) is 0 Å². The van der Waals surface area contributed by atoms with Crippen molar-refractivity contribution in [2.75, 3.05) is 20.2 Å². The summed E-state index contributed by atoms with van der Waals surface area (Å²) in [6, 6.07) is 8.04. The molecular weight excluding hydrogens is 264 g/mol. The van der Waals surface area contributed by atoms with E-state index in [1.54, 1.807) is 7.11 Å². The van der Waals surface area contributed by atoms with Crippen LogP contribution < -0.4 is 9.47 Å². The zero-order chi connectivity index (χ0) is 15.2. The van der Waals surface area contributed by atoms with Crippen LogP contribution in [-0.2, 0) is 0 Å². The van der Waals surface area contributed by atoms with Gasteiger partial charge in [0.15, 0.2) is 11.5 Å². The number of piperidine rings is 1. The van der Waals surface area contributed by atoms with Gasteiger partial charge >= 0.3 is 0 Å². The highest BCUT2D eigenvalue weighted by Gasteiger charge is 2.23. The molecule has 1 atom stereocenters. The molecule has 0 aromatic heterocycles. The zero-order valence-electron chi connectivity index (χ0n) is 13.1. The lowest BCUT2D eigenvalue weighted by Crippen LogP contribution is -2.33. The number of rotatable bonds is 5. The SMILES string of the molecule is COc1cc(C(C#N)N2CCCCC2)ccc1OC(C)C. The molecule has 4 heteroatoms. The van der Waals surface area contributed by atoms with E-state index >= 15 is 0 Å². The summed E-state index contributed by atoms with van der Waals surface area (Å²) in [6.45, 7) is 5.95. The van der Waals surface area contributed by atoms with Gasteiger partial charge in [0.05, 0.1) is 19.3 Å². The molecule has 4 nitrogen and oxygen atoms in total. The highest BCUT2D eigenvalue weighted by atomic mass is 16.5. The number of nitrogens with zero attached hydrogens (tertiary/aromatic N) is 2. The van der Waals surface area contributed by atoms with Crippen LogP contribution in [-0.4, -0.2) is 31.2 Å². The smallest absolute Gasteiger partial charge is 0.161 e. The van der Waals surface area contributed by atoms with Crippen LogP contribution in [0.15, 0.2) is 18.2 Å². The number of likely N-dealkylation sites (tertiary alicyclic amines) is 1. The van der Waals surface area contributed by atoms with E-state index in [9.17, 15) is 5.26 Å². The van der Waals surface area contributed by atoms with Gasteiger partial charge < -0.3 is 9.47 Å². The van der Waals surface area contributed by atoms with Gasteiger partial charge in [0.1, 0.15) is 6.04 Å². The number of hydrogen-bond acceptors (Lipinski definition) is 4. The van der Waals surface area contributed by atoms with Crippen LogP contribution in [0.5, 0.6) is 11.5 Å². The Morgan fingerprint density at radius 3 is 2.43 bits per heavy atom. The molecule has 114 valence electrons. The third-order valence-corrected chi connectivity index (χ3v) is 3.74. The Hall–Kier alpha value is -1.73. The predicted molar refractivity (Wildman–Crippen MR) is 82.5 cm³/mol. The fourth-order valence-electron chi connectivity index (χ4n) is 2.75. The van der Waals surface area contributed by atoms with E-state index in [4.69, 9.17) is 9.47 Å². The maximum atomic E-state index is 9.55. The standard InChI is InChI=1S/C17H24N2O2/c1-13(2)21-16-8-7-14(11-17(16)20-3)15(12-18)19-9-5-4-6-10-19/h7-8,11,13,15H,4-6,9-10H2,1-3H3. The van der Waals surface area contributed by atoms with Gasteiger partial charge in [-0.15, -0.1) is 0 Å². The van der Waals surface area contributed by atoms with Crippen molar-refractivity contribution in [1.82, 2.24) is 4.90 Å². The number of nitriles is 1. The fraction of sp³-hybridized carbons (Fsp3) is 0.588. The third-order valence-electron chi connectivity index (χ3n) is 3.74. The molecule has 2 rings (SSSR count). The Labute approximate surface area is 127 Å². The molecule has 1 saturated heterocycles. The Morgan fingerprint density at radius 1 is 1.14 bits per heavy atom. The van der Waals surface area contributed by atoms with E-state index < -0.39 is 0 Å². The topological polar surface area (TPSA) is 45.5 Å². The van der Waals surface area contributed by atoms with E-state index in [0.717, 1.165) is 24.4 Å². The minimum atomic E-state index is -0.202. The molecule has 1 aromatic carbocycles. The summed E-state index contributed by atoms with van der Waals surface area (Å²) < 4.78 is 11.1. The lowest BCUT2D eigenvalue weighted by molar-refractivity contribution is 0.195. The molecule has 1 aliphatic rings. The molecule has 0 radical (unpaired) electrons. The van der Waals surface area contributed by atoms with Gasteiger partial charge in [-0.3, -0.25) is 4.90 Å². The van der Waals surface area contributed by atoms with Crippen molar-refractivity contribution in [3.63, 3.8) is 0 Å². The second-order valence-corrected chi connectivity index (χ2v) is 5.71. The van der Waals surface area contributed by atoms with Gasteiger partial charge in [-0.25, -0.2) is 0 Å². The van der Waals surface area contributed by atoms with Gasteiger partial charge in [-0.2, -0.15) is 5.26 Å². The molecule has 0 aliphatic carbocycles. The summed E-state index contributed by atoms with van der Waals surface area (Å²) in [6.07, 6.45) is 3.70. The van der Waals surface area contributed by atoms with Crippen molar-refractivity contribution < 1.29 is 9.47 Å². The molecule has 1 aliphatic heterocycles. The van der Waals surface area contributed by atoms with Crippen LogP contribution in [0, 0.1) is 11.3 Å². The molecule has 0 N–H and O–H groups in total. The van der Waals surface area contributed by atoms with Crippen LogP contribution >= 0.6 is 0 Å². The molecule has 0 amide bonds. The first kappa shape index (κ1) is 15.7. The van der Waals surface area contributed by atoms with E-state index in [2.05, 4.69) is 11.0 Å². The lowest BCUT2D eigenvalue weighted by atomic mass is 10.0. The minimum Gasteiger partial charge on any atom is -0.493 e. The molecule has 0 spiro atoms. The summed E-state index contributed by atoms with van der Waals surface area (Å²) in [5.74, 6) is 1.42. The first-order valence-electron chi connectivity index (χ1n) is 7.64. The average Bonchev–Trinajstić information content (AvgIpc) is 2.50. The van der Waals surface area contributed by atoms with Crippen LogP contribution in [0.4, 0.5) is 0 Å². The number of hydrogen-bond donors (Lipinski definition) is 0. The Bertz CT molecular complexity index is 502. The largest absolute Gasteiger partial charge is 0.493 e. The van der Waals surface area contributed by atoms with Gasteiger partial charge in [0, 0.05) is 0 Å². The van der Waals surface area contributed by atoms with Crippen molar-refractivity contribution in [1.29, 1.82) is 5.26 Å². The van der Waals surface area contributed by atoms with Crippen LogP contribution in [0.1, 0.15) is 44.7 Å². The van der Waals surface area contributed by atoms with E-state index in [1.807, 2.05) is 32.0 Å². The predicted octanol–water partition coefficient (Wildman–Crippen LogP) is 3.53. The Kier molecular flexibility index (Phi) is 5.46. The van der Waals surface area contributed by atoms with Crippen LogP contribution in [0.2, 0.25) is 0 Å². The molecule has 1 unspecified atom stereocenters. The van der Waals surface area contributed by atoms with Crippen LogP contribution in [0.25, 0.3) is 0 Å². The first-order valence-corrected chi connectivity index (χ1v) is 7.64. The summed E-state index contributed by atoms with van der Waals surface area (Å²) in [7, 11) is 1.63. The molecule has 21 heavy (non-hydrogen) atoms. The van der Waals surface area contributed by atoms with Crippen molar-refractivity contribution in [3.8, 4) is 17.6 Å². The van der Waals surface area contributed by atoms with Gasteiger partial charge in [0.2, 0.25) is 0 Å². The van der Waals surface area contributed by atoms with Gasteiger partial charge in [0.25, 0.3) is 0 Å². The monoisotopic (exact) mass is 288 g/mol. The fourth-order valence-corrected chi connectivity index (χ4v) is 2.75. The van der Waals surface area contributed by atoms with Gasteiger partial charge in [-0.1, -0.05) is 12.5 Å². The van der Waals surface area contributed by atoms with Crippen molar-refractivity contribution >= 4 is 0 Å². The Morgan fingerprint density at radius 2 is 1.86 bits per heavy atom. The third kappa shape index (κ3) is 3.89. The zero-order valence-corrected chi connectivity index (χ0v) is 13.1. The molecule has 1 heterocycles. The number of ether oxygens (including phenoxy) is 2. The second-order valence-electron chi connectivity index (χ2n) is 5.71. The van der Waals surface area contributed by atoms with E-state index in [-0.39, 0.29) is 12.1 Å². The van der Waals surface area contributed by atoms with E-state index in [0.29, 0.717) is 5.75 Å². The molecular formula is C17H24N2O2. The highest BCUT2D eigenvalue weighted by Crippen LogP contribution is 2.33. The minimum absolute atomic E-state index is 0.0959. The molecule has 0 saturated carbocycles. The van der Waals surface area contributed by atoms with Crippen molar-refractivity contribution in [2.45, 2.75) is 45.3 Å². The summed E-state index contributed by atoms with van der Waals surface area (Å²) in [5.41, 5.74) is 0.979. The van der Waals surface area contributed by atoms with Gasteiger partial charge in [-0.05, 0) is 57.5 Å². The lowest BCUT2D eigenvalue weighted by Gasteiger charge is -2.31. The van der Waals surface area contributed by atoms with Crippen molar-refractivity contribution in [3.05, 3.63) is 23.8 Å². The second kappa shape index (κ2) is 7.33. The summed E-state index contributed by atoms with van der Waals surface area (Å²) in [4.78, 5) is 2.25.